The second-order valence-electron chi connectivity index (χ2n) is 8.29. The van der Waals surface area contributed by atoms with Gasteiger partial charge in [-0.15, -0.1) is 0 Å². The Labute approximate surface area is 225 Å². The van der Waals surface area contributed by atoms with E-state index in [2.05, 4.69) is 10.0 Å². The first-order valence-electron chi connectivity index (χ1n) is 11.3. The number of Topliss-reactive ketones (excluding diaryl/α,β-unsaturated/α-hetero) is 1. The van der Waals surface area contributed by atoms with E-state index in [1.54, 1.807) is 18.2 Å². The molecule has 3 rings (SSSR count). The Kier molecular flexibility index (Phi) is 9.01. The summed E-state index contributed by atoms with van der Waals surface area (Å²) in [5.74, 6) is -1.55. The molecule has 0 radical (unpaired) electrons. The van der Waals surface area contributed by atoms with Gasteiger partial charge in [0.1, 0.15) is 0 Å². The highest BCUT2D eigenvalue weighted by molar-refractivity contribution is 7.92. The Morgan fingerprint density at radius 1 is 0.872 bits per heavy atom. The van der Waals surface area contributed by atoms with Gasteiger partial charge in [-0.25, -0.2) is 26.8 Å². The number of sulfonamides is 2. The van der Waals surface area contributed by atoms with Crippen LogP contribution in [-0.4, -0.2) is 40.6 Å². The lowest BCUT2D eigenvalue weighted by Gasteiger charge is -2.12. The van der Waals surface area contributed by atoms with E-state index in [0.717, 1.165) is 12.1 Å². The van der Waals surface area contributed by atoms with Crippen molar-refractivity contribution in [3.63, 3.8) is 0 Å². The number of benzene rings is 3. The fraction of sp³-hybridized carbons (Fsp3) is 0.115. The van der Waals surface area contributed by atoms with Gasteiger partial charge >= 0.3 is 5.97 Å². The molecule has 3 aromatic rings. The maximum absolute atomic E-state index is 12.7. The molecule has 0 aliphatic rings. The summed E-state index contributed by atoms with van der Waals surface area (Å²) in [5.41, 5.74) is 1.29. The highest BCUT2D eigenvalue weighted by Gasteiger charge is 2.18. The number of nitrogens with two attached hydrogens (primary N) is 1. The molecule has 0 aromatic heterocycles. The van der Waals surface area contributed by atoms with Crippen LogP contribution in [0.2, 0.25) is 0 Å². The molecule has 0 unspecified atom stereocenters. The molecule has 4 N–H and O–H groups in total. The van der Waals surface area contributed by atoms with E-state index < -0.39 is 38.0 Å². The Balaban J connectivity index is 1.59. The van der Waals surface area contributed by atoms with E-state index in [-0.39, 0.29) is 21.3 Å². The molecule has 0 bridgehead atoms. The number of primary sulfonamides is 1. The summed E-state index contributed by atoms with van der Waals surface area (Å²) < 4.78 is 55.7. The van der Waals surface area contributed by atoms with Gasteiger partial charge in [0.25, 0.3) is 15.9 Å². The average Bonchev–Trinajstić information content (AvgIpc) is 2.87. The van der Waals surface area contributed by atoms with Crippen molar-refractivity contribution in [3.05, 3.63) is 90.0 Å². The summed E-state index contributed by atoms with van der Waals surface area (Å²) in [4.78, 5) is 35.6. The summed E-state index contributed by atoms with van der Waals surface area (Å²) in [6.45, 7) is 2.79. The lowest BCUT2D eigenvalue weighted by Crippen LogP contribution is -2.29. The Morgan fingerprint density at radius 3 is 2.15 bits per heavy atom. The average molecular weight is 572 g/mol. The predicted octanol–water partition coefficient (Wildman–Crippen LogP) is 2.92. The summed E-state index contributed by atoms with van der Waals surface area (Å²) in [6.07, 6.45) is 1.33. The van der Waals surface area contributed by atoms with Gasteiger partial charge in [0.2, 0.25) is 10.0 Å². The third-order valence-corrected chi connectivity index (χ3v) is 7.52. The third kappa shape index (κ3) is 8.33. The van der Waals surface area contributed by atoms with Crippen LogP contribution in [-0.2, 0) is 34.4 Å². The number of hydrogen-bond acceptors (Lipinski definition) is 8. The van der Waals surface area contributed by atoms with Gasteiger partial charge in [-0.1, -0.05) is 30.3 Å². The lowest BCUT2D eigenvalue weighted by molar-refractivity contribution is -0.148. The number of esters is 1. The number of ether oxygens (including phenoxy) is 1. The van der Waals surface area contributed by atoms with Crippen LogP contribution in [0, 0.1) is 0 Å². The molecule has 204 valence electrons. The quantitative estimate of drug-likeness (QED) is 0.189. The fourth-order valence-corrected chi connectivity index (χ4v) is 4.81. The first-order valence-corrected chi connectivity index (χ1v) is 14.3. The smallest absolute Gasteiger partial charge is 0.331 e. The van der Waals surface area contributed by atoms with Crippen molar-refractivity contribution in [3.8, 4) is 0 Å². The van der Waals surface area contributed by atoms with Gasteiger partial charge in [0, 0.05) is 17.3 Å². The minimum absolute atomic E-state index is 0.0120. The number of amides is 1. The molecule has 1 amide bonds. The lowest BCUT2D eigenvalue weighted by atomic mass is 10.1. The van der Waals surface area contributed by atoms with Crippen molar-refractivity contribution in [2.24, 2.45) is 5.14 Å². The summed E-state index contributed by atoms with van der Waals surface area (Å²) in [5, 5.41) is 7.65. The molecule has 13 heteroatoms. The van der Waals surface area contributed by atoms with Crippen molar-refractivity contribution in [1.29, 1.82) is 0 Å². The number of ketones is 1. The maximum Gasteiger partial charge on any atom is 0.331 e. The largest absolute Gasteiger partial charge is 0.449 e. The van der Waals surface area contributed by atoms with Gasteiger partial charge in [-0.3, -0.25) is 14.3 Å². The van der Waals surface area contributed by atoms with Gasteiger partial charge in [-0.2, -0.15) is 0 Å². The number of carbonyl (C=O) groups is 3. The maximum atomic E-state index is 12.7. The molecule has 0 saturated carbocycles. The topological polar surface area (TPSA) is 179 Å². The third-order valence-electron chi connectivity index (χ3n) is 5.22. The van der Waals surface area contributed by atoms with E-state index in [1.165, 1.54) is 68.5 Å². The van der Waals surface area contributed by atoms with E-state index in [4.69, 9.17) is 9.88 Å². The zero-order valence-electron chi connectivity index (χ0n) is 20.8. The minimum atomic E-state index is -4.05. The number of anilines is 2. The van der Waals surface area contributed by atoms with Gasteiger partial charge in [-0.05, 0) is 68.0 Å². The van der Waals surface area contributed by atoms with Crippen LogP contribution in [0.5, 0.6) is 0 Å². The van der Waals surface area contributed by atoms with Crippen molar-refractivity contribution in [2.75, 3.05) is 10.0 Å². The first kappa shape index (κ1) is 29.2. The Hall–Kier alpha value is -4.33. The summed E-state index contributed by atoms with van der Waals surface area (Å²) in [6, 6.07) is 16.9. The molecule has 0 spiro atoms. The molecular weight excluding hydrogens is 546 g/mol. The zero-order chi connectivity index (χ0) is 28.8. The molecule has 0 aliphatic heterocycles. The van der Waals surface area contributed by atoms with Gasteiger partial charge in [0.05, 0.1) is 15.5 Å². The highest BCUT2D eigenvalue weighted by atomic mass is 32.2. The van der Waals surface area contributed by atoms with Crippen molar-refractivity contribution in [1.82, 2.24) is 0 Å². The monoisotopic (exact) mass is 571 g/mol. The number of nitrogens with one attached hydrogen (secondary N) is 2. The number of carbonyl (C=O) groups excluding carboxylic acids is 3. The Bertz CT molecular complexity index is 1650. The van der Waals surface area contributed by atoms with Crippen LogP contribution < -0.4 is 15.2 Å². The molecule has 39 heavy (non-hydrogen) atoms. The second-order valence-corrected chi connectivity index (χ2v) is 11.5. The number of rotatable bonds is 10. The first-order chi connectivity index (χ1) is 18.2. The standard InChI is InChI=1S/C26H25N3O8S2/c1-17(30)20-5-3-6-21(15-20)28-26(32)18(2)37-25(31)14-11-19-9-12-23(13-10-19)39(35,36)29-22-7-4-8-24(16-22)38(27,33)34/h3-16,18,29H,1-2H3,(H,28,32)(H2,27,33,34)/b14-11+/t18-/m1/s1. The molecule has 0 heterocycles. The molecule has 0 aliphatic carbocycles. The van der Waals surface area contributed by atoms with Gasteiger partial charge < -0.3 is 10.1 Å². The zero-order valence-corrected chi connectivity index (χ0v) is 22.5. The van der Waals surface area contributed by atoms with Crippen LogP contribution in [0.4, 0.5) is 11.4 Å². The van der Waals surface area contributed by atoms with Crippen LogP contribution >= 0.6 is 0 Å². The minimum Gasteiger partial charge on any atom is -0.449 e. The SMILES string of the molecule is CC(=O)c1cccc(NC(=O)[C@@H](C)OC(=O)/C=C/c2ccc(S(=O)(=O)Nc3cccc(S(N)(=O)=O)c3)cc2)c1. The number of hydrogen-bond donors (Lipinski definition) is 3. The fourth-order valence-electron chi connectivity index (χ4n) is 3.20. The highest BCUT2D eigenvalue weighted by Crippen LogP contribution is 2.20. The predicted molar refractivity (Wildman–Crippen MR) is 145 cm³/mol. The van der Waals surface area contributed by atoms with Crippen molar-refractivity contribution < 1.29 is 36.0 Å². The normalized spacial score (nSPS) is 12.5. The van der Waals surface area contributed by atoms with E-state index in [1.807, 2.05) is 0 Å². The van der Waals surface area contributed by atoms with Crippen molar-refractivity contribution in [2.45, 2.75) is 29.7 Å². The van der Waals surface area contributed by atoms with E-state index >= 15 is 0 Å². The van der Waals surface area contributed by atoms with Crippen LogP contribution in [0.15, 0.2) is 88.7 Å². The molecule has 0 fully saturated rings. The molecule has 11 nitrogen and oxygen atoms in total. The molecule has 3 aromatic carbocycles. The van der Waals surface area contributed by atoms with E-state index in [0.29, 0.717) is 16.8 Å². The van der Waals surface area contributed by atoms with Gasteiger partial charge in [0.15, 0.2) is 11.9 Å². The van der Waals surface area contributed by atoms with Crippen LogP contribution in [0.25, 0.3) is 6.08 Å². The van der Waals surface area contributed by atoms with E-state index in [9.17, 15) is 31.2 Å². The van der Waals surface area contributed by atoms with Crippen LogP contribution in [0.3, 0.4) is 0 Å². The summed E-state index contributed by atoms with van der Waals surface area (Å²) in [7, 11) is -8.06. The molecule has 0 saturated heterocycles. The molecular formula is C26H25N3O8S2. The molecule has 1 atom stereocenters. The summed E-state index contributed by atoms with van der Waals surface area (Å²) >= 11 is 0. The Morgan fingerprint density at radius 2 is 1.51 bits per heavy atom. The van der Waals surface area contributed by atoms with Crippen molar-refractivity contribution >= 4 is 55.2 Å². The van der Waals surface area contributed by atoms with Crippen LogP contribution in [0.1, 0.15) is 29.8 Å². The second kappa shape index (κ2) is 12.0.